The summed E-state index contributed by atoms with van der Waals surface area (Å²) < 4.78 is 5.92. The van der Waals surface area contributed by atoms with Crippen molar-refractivity contribution in [3.63, 3.8) is 0 Å². The Bertz CT molecular complexity index is 1110. The molecule has 27 heavy (non-hydrogen) atoms. The van der Waals surface area contributed by atoms with Gasteiger partial charge in [0, 0.05) is 22.5 Å². The van der Waals surface area contributed by atoms with Crippen LogP contribution in [-0.2, 0) is 6.54 Å². The Hall–Kier alpha value is -3.04. The zero-order valence-electron chi connectivity index (χ0n) is 14.8. The van der Waals surface area contributed by atoms with E-state index in [1.54, 1.807) is 0 Å². The highest BCUT2D eigenvalue weighted by atomic mass is 35.5. The van der Waals surface area contributed by atoms with Crippen molar-refractivity contribution in [2.24, 2.45) is 0 Å². The van der Waals surface area contributed by atoms with Gasteiger partial charge in [0.1, 0.15) is 5.58 Å². The number of anilines is 1. The summed E-state index contributed by atoms with van der Waals surface area (Å²) in [5.41, 5.74) is 4.03. The number of furan rings is 1. The molecule has 0 radical (unpaired) electrons. The first-order valence-electron chi connectivity index (χ1n) is 8.73. The highest BCUT2D eigenvalue weighted by Gasteiger charge is 2.21. The molecule has 1 heterocycles. The summed E-state index contributed by atoms with van der Waals surface area (Å²) in [4.78, 5) is 13.1. The van der Waals surface area contributed by atoms with Gasteiger partial charge in [-0.15, -0.1) is 0 Å². The van der Waals surface area contributed by atoms with Crippen molar-refractivity contribution >= 4 is 34.0 Å². The predicted octanol–water partition coefficient (Wildman–Crippen LogP) is 6.24. The fraction of sp³-hybridized carbons (Fsp3) is 0.0870. The van der Waals surface area contributed by atoms with Crippen molar-refractivity contribution in [2.45, 2.75) is 13.5 Å². The molecule has 0 atom stereocenters. The van der Waals surface area contributed by atoms with Gasteiger partial charge in [0.15, 0.2) is 5.76 Å². The quantitative estimate of drug-likeness (QED) is 0.420. The molecule has 3 aromatic carbocycles. The van der Waals surface area contributed by atoms with E-state index in [4.69, 9.17) is 16.0 Å². The molecular weight excluding hydrogens is 358 g/mol. The number of rotatable bonds is 5. The molecule has 4 aromatic rings. The molecule has 1 aromatic heterocycles. The van der Waals surface area contributed by atoms with Crippen LogP contribution in [0.25, 0.3) is 11.0 Å². The number of aryl methyl sites for hydroxylation is 1. The van der Waals surface area contributed by atoms with Gasteiger partial charge in [0.2, 0.25) is 5.78 Å². The van der Waals surface area contributed by atoms with Crippen LogP contribution in [0.4, 0.5) is 5.69 Å². The Morgan fingerprint density at radius 1 is 0.963 bits per heavy atom. The molecule has 0 aliphatic rings. The van der Waals surface area contributed by atoms with E-state index in [0.717, 1.165) is 16.5 Å². The monoisotopic (exact) mass is 375 g/mol. The van der Waals surface area contributed by atoms with Gasteiger partial charge < -0.3 is 9.73 Å². The molecule has 0 unspecified atom stereocenters. The first-order valence-corrected chi connectivity index (χ1v) is 9.11. The molecule has 0 aliphatic carbocycles. The highest BCUT2D eigenvalue weighted by Crippen LogP contribution is 2.33. The van der Waals surface area contributed by atoms with Gasteiger partial charge in [-0.1, -0.05) is 71.8 Å². The zero-order chi connectivity index (χ0) is 18.8. The molecule has 0 saturated carbocycles. The van der Waals surface area contributed by atoms with Crippen LogP contribution in [0.15, 0.2) is 77.2 Å². The molecular formula is C23H18ClNO2. The van der Waals surface area contributed by atoms with Gasteiger partial charge in [-0.25, -0.2) is 0 Å². The number of hydrogen-bond acceptors (Lipinski definition) is 3. The second-order valence-electron chi connectivity index (χ2n) is 6.44. The van der Waals surface area contributed by atoms with E-state index in [-0.39, 0.29) is 5.78 Å². The number of hydrogen-bond donors (Lipinski definition) is 1. The van der Waals surface area contributed by atoms with Gasteiger partial charge in [-0.3, -0.25) is 4.79 Å². The van der Waals surface area contributed by atoms with E-state index in [1.807, 2.05) is 79.7 Å². The third-order valence-corrected chi connectivity index (χ3v) is 4.90. The number of nitrogens with one attached hydrogen (secondary N) is 1. The van der Waals surface area contributed by atoms with Gasteiger partial charge >= 0.3 is 0 Å². The summed E-state index contributed by atoms with van der Waals surface area (Å²) in [7, 11) is 0. The normalized spacial score (nSPS) is 10.9. The summed E-state index contributed by atoms with van der Waals surface area (Å²) >= 11 is 6.27. The van der Waals surface area contributed by atoms with Crippen molar-refractivity contribution in [1.29, 1.82) is 0 Å². The number of fused-ring (bicyclic) bond motifs is 1. The van der Waals surface area contributed by atoms with Crippen LogP contribution < -0.4 is 5.32 Å². The topological polar surface area (TPSA) is 42.2 Å². The SMILES string of the molecule is Cc1ccc(C(=O)c2oc3ccccc3c2NCc2ccccc2Cl)cc1. The third kappa shape index (κ3) is 3.46. The summed E-state index contributed by atoms with van der Waals surface area (Å²) in [6, 6.07) is 22.8. The molecule has 0 saturated heterocycles. The minimum Gasteiger partial charge on any atom is -0.450 e. The van der Waals surface area contributed by atoms with E-state index in [0.29, 0.717) is 34.2 Å². The predicted molar refractivity (Wildman–Crippen MR) is 110 cm³/mol. The largest absolute Gasteiger partial charge is 0.450 e. The second kappa shape index (κ2) is 7.29. The van der Waals surface area contributed by atoms with Gasteiger partial charge in [-0.2, -0.15) is 0 Å². The van der Waals surface area contributed by atoms with Gasteiger partial charge in [0.25, 0.3) is 0 Å². The van der Waals surface area contributed by atoms with Crippen molar-refractivity contribution < 1.29 is 9.21 Å². The second-order valence-corrected chi connectivity index (χ2v) is 6.85. The third-order valence-electron chi connectivity index (χ3n) is 4.53. The zero-order valence-corrected chi connectivity index (χ0v) is 15.6. The smallest absolute Gasteiger partial charge is 0.230 e. The van der Waals surface area contributed by atoms with Crippen molar-refractivity contribution in [3.8, 4) is 0 Å². The van der Waals surface area contributed by atoms with E-state index < -0.39 is 0 Å². The maximum atomic E-state index is 13.1. The highest BCUT2D eigenvalue weighted by molar-refractivity contribution is 6.31. The molecule has 4 heteroatoms. The Kier molecular flexibility index (Phi) is 4.69. The van der Waals surface area contributed by atoms with Crippen LogP contribution in [0, 0.1) is 6.92 Å². The van der Waals surface area contributed by atoms with Crippen molar-refractivity contribution in [3.05, 3.63) is 100 Å². The molecule has 3 nitrogen and oxygen atoms in total. The Morgan fingerprint density at radius 3 is 2.44 bits per heavy atom. The minimum absolute atomic E-state index is 0.146. The van der Waals surface area contributed by atoms with Gasteiger partial charge in [0.05, 0.1) is 5.69 Å². The van der Waals surface area contributed by atoms with E-state index in [2.05, 4.69) is 5.32 Å². The van der Waals surface area contributed by atoms with E-state index >= 15 is 0 Å². The molecule has 4 rings (SSSR count). The summed E-state index contributed by atoms with van der Waals surface area (Å²) in [6.45, 7) is 2.49. The van der Waals surface area contributed by atoms with Crippen LogP contribution in [0.3, 0.4) is 0 Å². The maximum absolute atomic E-state index is 13.1. The molecule has 0 spiro atoms. The van der Waals surface area contributed by atoms with E-state index in [9.17, 15) is 4.79 Å². The average Bonchev–Trinajstić information content (AvgIpc) is 3.06. The van der Waals surface area contributed by atoms with Gasteiger partial charge in [-0.05, 0) is 30.7 Å². The number of carbonyl (C=O) groups excluding carboxylic acids is 1. The number of ketones is 1. The van der Waals surface area contributed by atoms with Crippen LogP contribution in [0.5, 0.6) is 0 Å². The Labute approximate surface area is 162 Å². The Balaban J connectivity index is 1.74. The fourth-order valence-corrected chi connectivity index (χ4v) is 3.24. The minimum atomic E-state index is -0.146. The molecule has 0 bridgehead atoms. The van der Waals surface area contributed by atoms with Crippen LogP contribution in [-0.4, -0.2) is 5.78 Å². The molecule has 134 valence electrons. The number of para-hydroxylation sites is 1. The van der Waals surface area contributed by atoms with Crippen LogP contribution >= 0.6 is 11.6 Å². The van der Waals surface area contributed by atoms with Crippen LogP contribution in [0.1, 0.15) is 27.2 Å². The Morgan fingerprint density at radius 2 is 1.67 bits per heavy atom. The van der Waals surface area contributed by atoms with E-state index in [1.165, 1.54) is 0 Å². The lowest BCUT2D eigenvalue weighted by Gasteiger charge is -2.09. The lowest BCUT2D eigenvalue weighted by molar-refractivity contribution is 0.101. The van der Waals surface area contributed by atoms with Crippen LogP contribution in [0.2, 0.25) is 5.02 Å². The lowest BCUT2D eigenvalue weighted by atomic mass is 10.1. The molecule has 0 fully saturated rings. The molecule has 1 N–H and O–H groups in total. The summed E-state index contributed by atoms with van der Waals surface area (Å²) in [5.74, 6) is 0.167. The maximum Gasteiger partial charge on any atom is 0.230 e. The first kappa shape index (κ1) is 17.4. The molecule has 0 aliphatic heterocycles. The lowest BCUT2D eigenvalue weighted by Crippen LogP contribution is -2.06. The fourth-order valence-electron chi connectivity index (χ4n) is 3.04. The van der Waals surface area contributed by atoms with Crippen molar-refractivity contribution in [2.75, 3.05) is 5.32 Å². The summed E-state index contributed by atoms with van der Waals surface area (Å²) in [5, 5.41) is 4.92. The number of halogens is 1. The first-order chi connectivity index (χ1) is 13.1. The number of carbonyl (C=O) groups is 1. The molecule has 0 amide bonds. The summed E-state index contributed by atoms with van der Waals surface area (Å²) in [6.07, 6.45) is 0. The average molecular weight is 376 g/mol. The van der Waals surface area contributed by atoms with Crippen molar-refractivity contribution in [1.82, 2.24) is 0 Å². The number of benzene rings is 3. The standard InChI is InChI=1S/C23H18ClNO2/c1-15-10-12-16(13-11-15)22(26)23-21(18-7-3-5-9-20(18)27-23)25-14-17-6-2-4-8-19(17)24/h2-13,25H,14H2,1H3.